The predicted octanol–water partition coefficient (Wildman–Crippen LogP) is 4.38. The molecule has 0 aliphatic heterocycles. The van der Waals surface area contributed by atoms with Gasteiger partial charge in [-0.15, -0.1) is 0 Å². The smallest absolute Gasteiger partial charge is 0.122 e. The Kier molecular flexibility index (Phi) is 5.90. The molecule has 0 bridgehead atoms. The maximum atomic E-state index is 6.38. The Balaban J connectivity index is 2.09. The van der Waals surface area contributed by atoms with Crippen molar-refractivity contribution in [3.8, 4) is 5.75 Å². The van der Waals surface area contributed by atoms with Crippen LogP contribution in [0, 0.1) is 13.8 Å². The molecule has 1 N–H and O–H groups in total. The first-order valence-electron chi connectivity index (χ1n) is 8.18. The van der Waals surface area contributed by atoms with Crippen molar-refractivity contribution in [2.75, 3.05) is 6.54 Å². The fraction of sp³-hybridized carbons (Fsp3) is 0.667. The molecule has 1 aliphatic carbocycles. The van der Waals surface area contributed by atoms with Gasteiger partial charge in [0.05, 0.1) is 0 Å². The molecule has 0 aromatic heterocycles. The molecule has 2 nitrogen and oxygen atoms in total. The molecule has 112 valence electrons. The van der Waals surface area contributed by atoms with Crippen LogP contribution in [0.15, 0.2) is 18.2 Å². The lowest BCUT2D eigenvalue weighted by Crippen LogP contribution is -2.43. The van der Waals surface area contributed by atoms with E-state index in [1.807, 2.05) is 0 Å². The second kappa shape index (κ2) is 7.68. The first-order valence-corrected chi connectivity index (χ1v) is 8.18. The van der Waals surface area contributed by atoms with Crippen molar-refractivity contribution in [2.45, 2.75) is 71.4 Å². The molecule has 0 spiro atoms. The maximum Gasteiger partial charge on any atom is 0.122 e. The standard InChI is InChI=1S/C18H29NO/c1-4-19-16-9-7-5-6-8-10-18(16)20-17-12-11-14(2)13-15(17)3/h11-13,16,18-19H,4-10H2,1-3H3. The van der Waals surface area contributed by atoms with E-state index in [0.717, 1.165) is 12.3 Å². The van der Waals surface area contributed by atoms with Gasteiger partial charge in [-0.05, 0) is 51.3 Å². The lowest BCUT2D eigenvalue weighted by atomic mass is 9.94. The van der Waals surface area contributed by atoms with Crippen molar-refractivity contribution in [3.05, 3.63) is 29.3 Å². The number of nitrogens with one attached hydrogen (secondary N) is 1. The van der Waals surface area contributed by atoms with Crippen LogP contribution in [-0.4, -0.2) is 18.7 Å². The number of hydrogen-bond acceptors (Lipinski definition) is 2. The summed E-state index contributed by atoms with van der Waals surface area (Å²) in [6.45, 7) is 7.49. The van der Waals surface area contributed by atoms with Gasteiger partial charge in [-0.25, -0.2) is 0 Å². The van der Waals surface area contributed by atoms with Gasteiger partial charge in [-0.2, -0.15) is 0 Å². The number of benzene rings is 1. The first-order chi connectivity index (χ1) is 9.70. The van der Waals surface area contributed by atoms with E-state index >= 15 is 0 Å². The Morgan fingerprint density at radius 1 is 1.10 bits per heavy atom. The van der Waals surface area contributed by atoms with Crippen LogP contribution in [0.4, 0.5) is 0 Å². The van der Waals surface area contributed by atoms with E-state index in [0.29, 0.717) is 12.1 Å². The summed E-state index contributed by atoms with van der Waals surface area (Å²) in [7, 11) is 0. The van der Waals surface area contributed by atoms with Crippen molar-refractivity contribution in [1.82, 2.24) is 5.32 Å². The number of ether oxygens (including phenoxy) is 1. The van der Waals surface area contributed by atoms with E-state index in [9.17, 15) is 0 Å². The van der Waals surface area contributed by atoms with Crippen molar-refractivity contribution in [3.63, 3.8) is 0 Å². The van der Waals surface area contributed by atoms with Crippen LogP contribution < -0.4 is 10.1 Å². The Morgan fingerprint density at radius 3 is 2.55 bits per heavy atom. The first kappa shape index (κ1) is 15.4. The van der Waals surface area contributed by atoms with Gasteiger partial charge >= 0.3 is 0 Å². The summed E-state index contributed by atoms with van der Waals surface area (Å²) in [4.78, 5) is 0. The molecule has 2 unspecified atom stereocenters. The van der Waals surface area contributed by atoms with Crippen molar-refractivity contribution in [1.29, 1.82) is 0 Å². The van der Waals surface area contributed by atoms with Gasteiger partial charge < -0.3 is 10.1 Å². The van der Waals surface area contributed by atoms with Gasteiger partial charge in [0.1, 0.15) is 11.9 Å². The molecular weight excluding hydrogens is 246 g/mol. The molecule has 2 atom stereocenters. The molecule has 1 aromatic rings. The number of rotatable bonds is 4. The van der Waals surface area contributed by atoms with Gasteiger partial charge in [-0.1, -0.05) is 43.9 Å². The van der Waals surface area contributed by atoms with Gasteiger partial charge in [-0.3, -0.25) is 0 Å². The lowest BCUT2D eigenvalue weighted by Gasteiger charge is -2.31. The zero-order valence-electron chi connectivity index (χ0n) is 13.2. The summed E-state index contributed by atoms with van der Waals surface area (Å²) in [5.41, 5.74) is 2.55. The Labute approximate surface area is 123 Å². The largest absolute Gasteiger partial charge is 0.489 e. The highest BCUT2D eigenvalue weighted by atomic mass is 16.5. The average molecular weight is 275 g/mol. The molecule has 1 aliphatic rings. The minimum Gasteiger partial charge on any atom is -0.489 e. The van der Waals surface area contributed by atoms with Crippen molar-refractivity contribution in [2.24, 2.45) is 0 Å². The maximum absolute atomic E-state index is 6.38. The fourth-order valence-electron chi connectivity index (χ4n) is 3.18. The van der Waals surface area contributed by atoms with E-state index in [1.54, 1.807) is 0 Å². The monoisotopic (exact) mass is 275 g/mol. The third-order valence-electron chi connectivity index (χ3n) is 4.28. The van der Waals surface area contributed by atoms with Gasteiger partial charge in [0.25, 0.3) is 0 Å². The molecule has 1 aromatic carbocycles. The molecule has 1 fully saturated rings. The molecular formula is C18H29NO. The van der Waals surface area contributed by atoms with Crippen LogP contribution in [0.1, 0.15) is 56.6 Å². The van der Waals surface area contributed by atoms with E-state index in [2.05, 4.69) is 44.3 Å². The second-order valence-corrected chi connectivity index (χ2v) is 6.08. The van der Waals surface area contributed by atoms with Crippen LogP contribution in [0.2, 0.25) is 0 Å². The van der Waals surface area contributed by atoms with Crippen LogP contribution in [-0.2, 0) is 0 Å². The Hall–Kier alpha value is -1.02. The zero-order chi connectivity index (χ0) is 14.4. The second-order valence-electron chi connectivity index (χ2n) is 6.08. The average Bonchev–Trinajstić information content (AvgIpc) is 2.39. The van der Waals surface area contributed by atoms with E-state index in [4.69, 9.17) is 4.74 Å². The Bertz CT molecular complexity index is 416. The normalized spacial score (nSPS) is 23.9. The molecule has 1 saturated carbocycles. The summed E-state index contributed by atoms with van der Waals surface area (Å²) in [6, 6.07) is 6.99. The third kappa shape index (κ3) is 4.24. The molecule has 0 radical (unpaired) electrons. The van der Waals surface area contributed by atoms with Crippen LogP contribution in [0.5, 0.6) is 5.75 Å². The number of aryl methyl sites for hydroxylation is 2. The topological polar surface area (TPSA) is 21.3 Å². The highest BCUT2D eigenvalue weighted by molar-refractivity contribution is 5.35. The van der Waals surface area contributed by atoms with Crippen LogP contribution in [0.25, 0.3) is 0 Å². The molecule has 0 heterocycles. The summed E-state index contributed by atoms with van der Waals surface area (Å²) in [5.74, 6) is 1.06. The Morgan fingerprint density at radius 2 is 1.85 bits per heavy atom. The summed E-state index contributed by atoms with van der Waals surface area (Å²) >= 11 is 0. The molecule has 0 amide bonds. The summed E-state index contributed by atoms with van der Waals surface area (Å²) in [6.07, 6.45) is 8.07. The van der Waals surface area contributed by atoms with Crippen molar-refractivity contribution >= 4 is 0 Å². The van der Waals surface area contributed by atoms with Gasteiger partial charge in [0, 0.05) is 6.04 Å². The molecule has 20 heavy (non-hydrogen) atoms. The van der Waals surface area contributed by atoms with Crippen LogP contribution >= 0.6 is 0 Å². The van der Waals surface area contributed by atoms with E-state index in [-0.39, 0.29) is 0 Å². The van der Waals surface area contributed by atoms with Crippen molar-refractivity contribution < 1.29 is 4.74 Å². The minimum absolute atomic E-state index is 0.316. The predicted molar refractivity (Wildman–Crippen MR) is 85.5 cm³/mol. The molecule has 2 rings (SSSR count). The zero-order valence-corrected chi connectivity index (χ0v) is 13.2. The molecule has 0 saturated heterocycles. The van der Waals surface area contributed by atoms with Gasteiger partial charge in [0.15, 0.2) is 0 Å². The minimum atomic E-state index is 0.316. The van der Waals surface area contributed by atoms with E-state index < -0.39 is 0 Å². The summed E-state index contributed by atoms with van der Waals surface area (Å²) in [5, 5.41) is 3.63. The highest BCUT2D eigenvalue weighted by Crippen LogP contribution is 2.25. The fourth-order valence-corrected chi connectivity index (χ4v) is 3.18. The number of likely N-dealkylation sites (N-methyl/N-ethyl adjacent to an activating group) is 1. The quantitative estimate of drug-likeness (QED) is 0.880. The number of hydrogen-bond donors (Lipinski definition) is 1. The van der Waals surface area contributed by atoms with E-state index in [1.165, 1.54) is 49.7 Å². The lowest BCUT2D eigenvalue weighted by molar-refractivity contribution is 0.127. The summed E-state index contributed by atoms with van der Waals surface area (Å²) < 4.78 is 6.38. The third-order valence-corrected chi connectivity index (χ3v) is 4.28. The molecule has 2 heteroatoms. The highest BCUT2D eigenvalue weighted by Gasteiger charge is 2.24. The SMILES string of the molecule is CCNC1CCCCCCC1Oc1ccc(C)cc1C. The van der Waals surface area contributed by atoms with Gasteiger partial charge in [0.2, 0.25) is 0 Å². The van der Waals surface area contributed by atoms with Crippen LogP contribution in [0.3, 0.4) is 0 Å².